The Morgan fingerprint density at radius 1 is 1.17 bits per heavy atom. The molecule has 2 aromatic heterocycles. The van der Waals surface area contributed by atoms with Crippen molar-refractivity contribution in [3.05, 3.63) is 51.7 Å². The molecule has 0 aromatic carbocycles. The third-order valence-corrected chi connectivity index (χ3v) is 6.49. The number of aromatic nitrogens is 1. The highest BCUT2D eigenvalue weighted by Gasteiger charge is 2.48. The number of carbonyl (C=O) groups is 3. The van der Waals surface area contributed by atoms with Gasteiger partial charge in [-0.05, 0) is 45.4 Å². The molecular weight excluding hydrogens is 454 g/mol. The lowest BCUT2D eigenvalue weighted by Gasteiger charge is -2.30. The highest BCUT2D eigenvalue weighted by atomic mass is 16.5. The predicted molar refractivity (Wildman–Crippen MR) is 126 cm³/mol. The summed E-state index contributed by atoms with van der Waals surface area (Å²) in [6.45, 7) is 10.6. The van der Waals surface area contributed by atoms with Crippen molar-refractivity contribution in [1.82, 2.24) is 14.8 Å². The third kappa shape index (κ3) is 4.63. The molecule has 10 nitrogen and oxygen atoms in total. The molecule has 0 unspecified atom stereocenters. The van der Waals surface area contributed by atoms with Gasteiger partial charge >= 0.3 is 5.97 Å². The van der Waals surface area contributed by atoms with Crippen molar-refractivity contribution in [2.75, 3.05) is 46.0 Å². The van der Waals surface area contributed by atoms with E-state index < -0.39 is 23.7 Å². The van der Waals surface area contributed by atoms with Gasteiger partial charge in [0.15, 0.2) is 0 Å². The number of hydrogen-bond donors (Lipinski definition) is 2. The molecule has 4 heterocycles. The Hall–Kier alpha value is -3.37. The van der Waals surface area contributed by atoms with Crippen LogP contribution in [0.4, 0.5) is 0 Å². The monoisotopic (exact) mass is 485 g/mol. The molecule has 2 fully saturated rings. The van der Waals surface area contributed by atoms with Crippen LogP contribution in [0, 0.1) is 20.8 Å². The molecule has 0 bridgehead atoms. The second-order valence-corrected chi connectivity index (χ2v) is 8.74. The van der Waals surface area contributed by atoms with E-state index in [4.69, 9.17) is 13.9 Å². The first-order valence-electron chi connectivity index (χ1n) is 11.8. The summed E-state index contributed by atoms with van der Waals surface area (Å²) in [4.78, 5) is 45.3. The summed E-state index contributed by atoms with van der Waals surface area (Å²) in [7, 11) is 0. The van der Waals surface area contributed by atoms with E-state index in [1.165, 1.54) is 4.90 Å². The Labute approximate surface area is 203 Å². The quantitative estimate of drug-likeness (QED) is 0.265. The zero-order valence-corrected chi connectivity index (χ0v) is 20.5. The minimum atomic E-state index is -0.885. The molecule has 0 radical (unpaired) electrons. The number of aromatic amines is 1. The SMILES string of the molecule is CCOC(=O)c1[nH]c(C)c(C(O)=C2C(=O)C(=O)N(CCN3CCOCC3)[C@H]2c2ccc(C)o2)c1C. The number of aliphatic hydroxyl groups excluding tert-OH is 1. The maximum atomic E-state index is 13.3. The molecule has 35 heavy (non-hydrogen) atoms. The number of Topliss-reactive ketones (excluding diaryl/α,β-unsaturated/α-hetero) is 1. The van der Waals surface area contributed by atoms with Gasteiger partial charge in [-0.25, -0.2) is 4.79 Å². The van der Waals surface area contributed by atoms with E-state index in [9.17, 15) is 19.5 Å². The largest absolute Gasteiger partial charge is 0.507 e. The van der Waals surface area contributed by atoms with E-state index in [-0.39, 0.29) is 30.2 Å². The first-order chi connectivity index (χ1) is 16.7. The molecule has 2 saturated heterocycles. The standard InChI is InChI=1S/C25H31N3O7/c1-5-34-25(32)20-15(3)18(16(4)26-20)22(29)19-21(17-7-6-14(2)35-17)28(24(31)23(19)30)9-8-27-10-12-33-13-11-27/h6-7,21,26,29H,5,8-13H2,1-4H3/t21-/m0/s1. The molecule has 2 N–H and O–H groups in total. The van der Waals surface area contributed by atoms with Gasteiger partial charge in [-0.15, -0.1) is 0 Å². The third-order valence-electron chi connectivity index (χ3n) is 6.49. The first kappa shape index (κ1) is 24.7. The van der Waals surface area contributed by atoms with Gasteiger partial charge in [-0.3, -0.25) is 14.5 Å². The average molecular weight is 486 g/mol. The molecule has 188 valence electrons. The molecular formula is C25H31N3O7. The number of furan rings is 1. The van der Waals surface area contributed by atoms with Gasteiger partial charge in [0.25, 0.3) is 11.7 Å². The number of likely N-dealkylation sites (tertiary alicyclic amines) is 1. The van der Waals surface area contributed by atoms with Gasteiger partial charge in [-0.2, -0.15) is 0 Å². The number of hydrogen-bond acceptors (Lipinski definition) is 8. The number of ether oxygens (including phenoxy) is 2. The summed E-state index contributed by atoms with van der Waals surface area (Å²) in [6.07, 6.45) is 0. The number of nitrogens with one attached hydrogen (secondary N) is 1. The highest BCUT2D eigenvalue weighted by Crippen LogP contribution is 2.41. The van der Waals surface area contributed by atoms with Gasteiger partial charge < -0.3 is 28.9 Å². The minimum Gasteiger partial charge on any atom is -0.507 e. The van der Waals surface area contributed by atoms with E-state index in [1.54, 1.807) is 39.8 Å². The van der Waals surface area contributed by atoms with Crippen LogP contribution in [0.25, 0.3) is 5.76 Å². The van der Waals surface area contributed by atoms with Gasteiger partial charge in [-0.1, -0.05) is 0 Å². The number of ketones is 1. The number of aryl methyl sites for hydroxylation is 2. The summed E-state index contributed by atoms with van der Waals surface area (Å²) in [6, 6.07) is 2.58. The van der Waals surface area contributed by atoms with Crippen LogP contribution in [0.5, 0.6) is 0 Å². The van der Waals surface area contributed by atoms with E-state index >= 15 is 0 Å². The van der Waals surface area contributed by atoms with Crippen LogP contribution in [0.1, 0.15) is 51.8 Å². The minimum absolute atomic E-state index is 0.0630. The molecule has 1 atom stereocenters. The molecule has 2 aromatic rings. The van der Waals surface area contributed by atoms with Gasteiger partial charge in [0.1, 0.15) is 29.0 Å². The van der Waals surface area contributed by atoms with Crippen LogP contribution in [0.2, 0.25) is 0 Å². The second kappa shape index (κ2) is 10.1. The molecule has 2 aliphatic rings. The first-order valence-corrected chi connectivity index (χ1v) is 11.8. The number of nitrogens with zero attached hydrogens (tertiary/aromatic N) is 2. The van der Waals surface area contributed by atoms with Crippen LogP contribution >= 0.6 is 0 Å². The van der Waals surface area contributed by atoms with Crippen LogP contribution < -0.4 is 0 Å². The van der Waals surface area contributed by atoms with Crippen molar-refractivity contribution in [2.24, 2.45) is 0 Å². The molecule has 10 heteroatoms. The van der Waals surface area contributed by atoms with E-state index in [0.717, 1.165) is 13.1 Å². The lowest BCUT2D eigenvalue weighted by Crippen LogP contribution is -2.42. The number of esters is 1. The maximum absolute atomic E-state index is 13.3. The summed E-state index contributed by atoms with van der Waals surface area (Å²) >= 11 is 0. The normalized spacial score (nSPS) is 20.6. The van der Waals surface area contributed by atoms with Crippen molar-refractivity contribution in [2.45, 2.75) is 33.7 Å². The second-order valence-electron chi connectivity index (χ2n) is 8.74. The lowest BCUT2D eigenvalue weighted by molar-refractivity contribution is -0.140. The van der Waals surface area contributed by atoms with Gasteiger partial charge in [0.05, 0.1) is 25.4 Å². The Bertz CT molecular complexity index is 1170. The number of morpholine rings is 1. The molecule has 0 saturated carbocycles. The van der Waals surface area contributed by atoms with Crippen molar-refractivity contribution < 1.29 is 33.4 Å². The number of amides is 1. The Kier molecular flexibility index (Phi) is 7.13. The van der Waals surface area contributed by atoms with Crippen LogP contribution in [0.3, 0.4) is 0 Å². The maximum Gasteiger partial charge on any atom is 0.355 e. The van der Waals surface area contributed by atoms with Gasteiger partial charge in [0, 0.05) is 37.4 Å². The Morgan fingerprint density at radius 2 is 1.89 bits per heavy atom. The topological polar surface area (TPSA) is 125 Å². The van der Waals surface area contributed by atoms with E-state index in [0.29, 0.717) is 48.1 Å². The van der Waals surface area contributed by atoms with Crippen LogP contribution in [0.15, 0.2) is 22.1 Å². The zero-order chi connectivity index (χ0) is 25.3. The number of carbonyl (C=O) groups excluding carboxylic acids is 3. The van der Waals surface area contributed by atoms with Crippen LogP contribution in [-0.2, 0) is 19.1 Å². The average Bonchev–Trinajstić information content (AvgIpc) is 3.47. The predicted octanol–water partition coefficient (Wildman–Crippen LogP) is 2.46. The smallest absolute Gasteiger partial charge is 0.355 e. The van der Waals surface area contributed by atoms with Crippen molar-refractivity contribution >= 4 is 23.4 Å². The van der Waals surface area contributed by atoms with Crippen molar-refractivity contribution in [3.63, 3.8) is 0 Å². The molecule has 2 aliphatic heterocycles. The summed E-state index contributed by atoms with van der Waals surface area (Å²) in [5, 5.41) is 11.4. The van der Waals surface area contributed by atoms with Crippen molar-refractivity contribution in [1.29, 1.82) is 0 Å². The van der Waals surface area contributed by atoms with Crippen LogP contribution in [-0.4, -0.2) is 83.5 Å². The summed E-state index contributed by atoms with van der Waals surface area (Å²) < 4.78 is 16.3. The molecule has 4 rings (SSSR count). The molecule has 1 amide bonds. The fourth-order valence-corrected chi connectivity index (χ4v) is 4.73. The number of rotatable bonds is 7. The lowest BCUT2D eigenvalue weighted by atomic mass is 9.97. The number of aliphatic hydroxyl groups is 1. The summed E-state index contributed by atoms with van der Waals surface area (Å²) in [5.74, 6) is -1.38. The fraction of sp³-hybridized carbons (Fsp3) is 0.480. The van der Waals surface area contributed by atoms with Gasteiger partial charge in [0.2, 0.25) is 0 Å². The number of H-pyrrole nitrogens is 1. The molecule has 0 aliphatic carbocycles. The Balaban J connectivity index is 1.76. The summed E-state index contributed by atoms with van der Waals surface area (Å²) in [5.41, 5.74) is 1.35. The van der Waals surface area contributed by atoms with E-state index in [2.05, 4.69) is 9.88 Å². The zero-order valence-electron chi connectivity index (χ0n) is 20.5. The molecule has 0 spiro atoms. The fourth-order valence-electron chi connectivity index (χ4n) is 4.73. The van der Waals surface area contributed by atoms with E-state index in [1.807, 2.05) is 0 Å². The Morgan fingerprint density at radius 3 is 2.51 bits per heavy atom. The highest BCUT2D eigenvalue weighted by molar-refractivity contribution is 6.46. The van der Waals surface area contributed by atoms with Crippen molar-refractivity contribution in [3.8, 4) is 0 Å².